The summed E-state index contributed by atoms with van der Waals surface area (Å²) in [6.45, 7) is 0. The third-order valence-electron chi connectivity index (χ3n) is 2.62. The van der Waals surface area contributed by atoms with Crippen LogP contribution in [-0.2, 0) is 6.42 Å². The molecule has 1 aromatic heterocycles. The van der Waals surface area contributed by atoms with Crippen LogP contribution in [-0.4, -0.2) is 17.1 Å². The molecule has 2 rings (SSSR count). The molecule has 3 nitrogen and oxygen atoms in total. The molecule has 1 aromatic carbocycles. The normalized spacial score (nSPS) is 12.2. The van der Waals surface area contributed by atoms with Crippen LogP contribution in [0.25, 0.3) is 0 Å². The molecule has 0 aliphatic carbocycles. The number of nitrogens with zero attached hydrogens (tertiary/aromatic N) is 2. The number of hydrogen-bond acceptors (Lipinski definition) is 3. The first-order valence-electron chi connectivity index (χ1n) is 5.54. The van der Waals surface area contributed by atoms with Gasteiger partial charge in [0.05, 0.1) is 11.6 Å². The van der Waals surface area contributed by atoms with Crippen molar-refractivity contribution in [3.8, 4) is 5.88 Å². The van der Waals surface area contributed by atoms with Crippen LogP contribution in [0.3, 0.4) is 0 Å². The third-order valence-corrected chi connectivity index (χ3v) is 4.27. The number of aromatic nitrogens is 2. The molecule has 2 aromatic rings. The molecule has 0 bridgehead atoms. The van der Waals surface area contributed by atoms with E-state index in [1.807, 2.05) is 6.07 Å². The van der Waals surface area contributed by atoms with E-state index in [9.17, 15) is 4.39 Å². The Morgan fingerprint density at radius 1 is 1.37 bits per heavy atom. The topological polar surface area (TPSA) is 35.0 Å². The zero-order chi connectivity index (χ0) is 13.8. The summed E-state index contributed by atoms with van der Waals surface area (Å²) in [7, 11) is 1.56. The van der Waals surface area contributed by atoms with Crippen LogP contribution in [0.5, 0.6) is 5.88 Å². The van der Waals surface area contributed by atoms with Gasteiger partial charge in [0, 0.05) is 23.0 Å². The van der Waals surface area contributed by atoms with E-state index < -0.39 is 0 Å². The Morgan fingerprint density at radius 3 is 2.89 bits per heavy atom. The monoisotopic (exact) mass is 388 g/mol. The first-order valence-corrected chi connectivity index (χ1v) is 7.25. The van der Waals surface area contributed by atoms with Gasteiger partial charge in [-0.1, -0.05) is 28.1 Å². The van der Waals surface area contributed by atoms with Gasteiger partial charge >= 0.3 is 0 Å². The summed E-state index contributed by atoms with van der Waals surface area (Å²) in [6, 6.07) is 6.73. The first-order chi connectivity index (χ1) is 9.11. The molecular formula is C13H11Br2FN2O. The smallest absolute Gasteiger partial charge is 0.216 e. The van der Waals surface area contributed by atoms with Crippen molar-refractivity contribution in [2.75, 3.05) is 7.11 Å². The summed E-state index contributed by atoms with van der Waals surface area (Å²) in [5.41, 5.74) is 1.67. The Labute approximate surface area is 127 Å². The maximum absolute atomic E-state index is 13.5. The van der Waals surface area contributed by atoms with E-state index in [-0.39, 0.29) is 10.6 Å². The molecular weight excluding hydrogens is 379 g/mol. The molecule has 1 heterocycles. The predicted octanol–water partition coefficient (Wildman–Crippen LogP) is 4.07. The SMILES string of the molecule is COc1cc(CC(Br)c2cccc(F)c2Br)ncn1. The van der Waals surface area contributed by atoms with E-state index in [2.05, 4.69) is 41.8 Å². The minimum absolute atomic E-state index is 0.0443. The average molecular weight is 390 g/mol. The van der Waals surface area contributed by atoms with Crippen molar-refractivity contribution in [2.24, 2.45) is 0 Å². The van der Waals surface area contributed by atoms with Gasteiger partial charge in [0.1, 0.15) is 12.1 Å². The fourth-order valence-corrected chi connectivity index (χ4v) is 3.22. The highest BCUT2D eigenvalue weighted by molar-refractivity contribution is 9.11. The van der Waals surface area contributed by atoms with Gasteiger partial charge in [-0.3, -0.25) is 0 Å². The number of alkyl halides is 1. The second kappa shape index (κ2) is 6.43. The molecule has 0 aliphatic rings. The van der Waals surface area contributed by atoms with Crippen molar-refractivity contribution < 1.29 is 9.13 Å². The molecule has 0 aliphatic heterocycles. The molecule has 6 heteroatoms. The summed E-state index contributed by atoms with van der Waals surface area (Å²) in [6.07, 6.45) is 2.06. The van der Waals surface area contributed by atoms with Crippen molar-refractivity contribution in [1.82, 2.24) is 9.97 Å². The maximum Gasteiger partial charge on any atom is 0.216 e. The van der Waals surface area contributed by atoms with E-state index in [0.29, 0.717) is 16.8 Å². The molecule has 0 spiro atoms. The quantitative estimate of drug-likeness (QED) is 0.739. The Kier molecular flexibility index (Phi) is 4.87. The lowest BCUT2D eigenvalue weighted by Gasteiger charge is -2.12. The van der Waals surface area contributed by atoms with Crippen LogP contribution < -0.4 is 4.74 Å². The van der Waals surface area contributed by atoms with Crippen molar-refractivity contribution in [2.45, 2.75) is 11.2 Å². The van der Waals surface area contributed by atoms with E-state index in [1.165, 1.54) is 12.4 Å². The summed E-state index contributed by atoms with van der Waals surface area (Å²) in [5.74, 6) is 0.241. The zero-order valence-corrected chi connectivity index (χ0v) is 13.3. The second-order valence-electron chi connectivity index (χ2n) is 3.87. The number of methoxy groups -OCH3 is 1. The standard InChI is InChI=1S/C13H11Br2FN2O/c1-19-12-6-8(17-7-18-12)5-10(14)9-3-2-4-11(16)13(9)15/h2-4,6-7,10H,5H2,1H3. The van der Waals surface area contributed by atoms with Gasteiger partial charge in [0.25, 0.3) is 0 Å². The Hall–Kier alpha value is -1.01. The molecule has 100 valence electrons. The van der Waals surface area contributed by atoms with Gasteiger partial charge in [-0.25, -0.2) is 14.4 Å². The summed E-state index contributed by atoms with van der Waals surface area (Å²) in [4.78, 5) is 8.08. The molecule has 19 heavy (non-hydrogen) atoms. The number of ether oxygens (including phenoxy) is 1. The number of rotatable bonds is 4. The van der Waals surface area contributed by atoms with Crippen molar-refractivity contribution in [3.05, 3.63) is 52.1 Å². The van der Waals surface area contributed by atoms with Gasteiger partial charge < -0.3 is 4.74 Å². The molecule has 1 atom stereocenters. The van der Waals surface area contributed by atoms with Gasteiger partial charge in [0.15, 0.2) is 0 Å². The summed E-state index contributed by atoms with van der Waals surface area (Å²) in [5, 5.41) is 0. The van der Waals surface area contributed by atoms with E-state index >= 15 is 0 Å². The molecule has 0 N–H and O–H groups in total. The molecule has 0 radical (unpaired) electrons. The first kappa shape index (κ1) is 14.4. The largest absolute Gasteiger partial charge is 0.481 e. The van der Waals surface area contributed by atoms with E-state index in [0.717, 1.165) is 11.3 Å². The van der Waals surface area contributed by atoms with Crippen LogP contribution in [0.15, 0.2) is 35.1 Å². The Balaban J connectivity index is 2.20. The van der Waals surface area contributed by atoms with E-state index in [4.69, 9.17) is 4.74 Å². The number of hydrogen-bond donors (Lipinski definition) is 0. The molecule has 0 saturated carbocycles. The second-order valence-corrected chi connectivity index (χ2v) is 5.76. The Morgan fingerprint density at radius 2 is 2.16 bits per heavy atom. The lowest BCUT2D eigenvalue weighted by Crippen LogP contribution is -2.01. The molecule has 1 unspecified atom stereocenters. The van der Waals surface area contributed by atoms with E-state index in [1.54, 1.807) is 19.2 Å². The minimum atomic E-state index is -0.276. The van der Waals surface area contributed by atoms with Crippen LogP contribution >= 0.6 is 31.9 Å². The van der Waals surface area contributed by atoms with Gasteiger partial charge in [0.2, 0.25) is 5.88 Å². The lowest BCUT2D eigenvalue weighted by molar-refractivity contribution is 0.396. The summed E-state index contributed by atoms with van der Waals surface area (Å²) < 4.78 is 19.0. The maximum atomic E-state index is 13.5. The highest BCUT2D eigenvalue weighted by Crippen LogP contribution is 2.33. The Bertz CT molecular complexity index is 580. The number of halogens is 3. The fourth-order valence-electron chi connectivity index (χ4n) is 1.66. The average Bonchev–Trinajstić information content (AvgIpc) is 2.42. The van der Waals surface area contributed by atoms with Crippen LogP contribution in [0.2, 0.25) is 0 Å². The number of benzene rings is 1. The van der Waals surface area contributed by atoms with Gasteiger partial charge in [-0.05, 0) is 27.6 Å². The van der Waals surface area contributed by atoms with Gasteiger partial charge in [-0.15, -0.1) is 0 Å². The highest BCUT2D eigenvalue weighted by atomic mass is 79.9. The van der Waals surface area contributed by atoms with Crippen molar-refractivity contribution >= 4 is 31.9 Å². The van der Waals surface area contributed by atoms with Crippen LogP contribution in [0, 0.1) is 5.82 Å². The fraction of sp³-hybridized carbons (Fsp3) is 0.231. The third kappa shape index (κ3) is 3.51. The summed E-state index contributed by atoms with van der Waals surface area (Å²) >= 11 is 6.82. The van der Waals surface area contributed by atoms with Crippen LogP contribution in [0.4, 0.5) is 4.39 Å². The molecule has 0 amide bonds. The zero-order valence-electron chi connectivity index (χ0n) is 10.1. The van der Waals surface area contributed by atoms with Crippen LogP contribution in [0.1, 0.15) is 16.1 Å². The minimum Gasteiger partial charge on any atom is -0.481 e. The highest BCUT2D eigenvalue weighted by Gasteiger charge is 2.15. The van der Waals surface area contributed by atoms with Crippen molar-refractivity contribution in [3.63, 3.8) is 0 Å². The molecule has 0 fully saturated rings. The van der Waals surface area contributed by atoms with Crippen molar-refractivity contribution in [1.29, 1.82) is 0 Å². The lowest BCUT2D eigenvalue weighted by atomic mass is 10.1. The molecule has 0 saturated heterocycles. The predicted molar refractivity (Wildman–Crippen MR) is 78.1 cm³/mol. The van der Waals surface area contributed by atoms with Gasteiger partial charge in [-0.2, -0.15) is 0 Å².